The Morgan fingerprint density at radius 1 is 1.10 bits per heavy atom. The van der Waals surface area contributed by atoms with Gasteiger partial charge in [-0.3, -0.25) is 14.2 Å². The molecule has 0 bridgehead atoms. The first kappa shape index (κ1) is 19.7. The molecule has 30 heavy (non-hydrogen) atoms. The highest BCUT2D eigenvalue weighted by molar-refractivity contribution is 6.30. The number of aryl methyl sites for hydroxylation is 1. The van der Waals surface area contributed by atoms with Crippen molar-refractivity contribution in [3.8, 4) is 5.69 Å². The van der Waals surface area contributed by atoms with Crippen molar-refractivity contribution in [1.29, 1.82) is 0 Å². The number of fused-ring (bicyclic) bond motifs is 1. The number of amides is 1. The smallest absolute Gasteiger partial charge is 0.336 e. The minimum Gasteiger partial charge on any atom is -0.467 e. The van der Waals surface area contributed by atoms with E-state index in [9.17, 15) is 14.4 Å². The van der Waals surface area contributed by atoms with Crippen LogP contribution in [-0.4, -0.2) is 15.0 Å². The number of rotatable bonds is 5. The highest BCUT2D eigenvalue weighted by Gasteiger charge is 2.17. The minimum absolute atomic E-state index is 0.200. The lowest BCUT2D eigenvalue weighted by atomic mass is 10.1. The van der Waals surface area contributed by atoms with Crippen LogP contribution in [0.2, 0.25) is 5.02 Å². The number of carbonyl (C=O) groups is 1. The predicted molar refractivity (Wildman–Crippen MR) is 114 cm³/mol. The van der Waals surface area contributed by atoms with Gasteiger partial charge in [-0.15, -0.1) is 0 Å². The Kier molecular flexibility index (Phi) is 5.29. The normalized spacial score (nSPS) is 11.0. The summed E-state index contributed by atoms with van der Waals surface area (Å²) in [6.45, 7) is 1.81. The lowest BCUT2D eigenvalue weighted by Crippen LogP contribution is -2.41. The highest BCUT2D eigenvalue weighted by Crippen LogP contribution is 2.15. The van der Waals surface area contributed by atoms with Gasteiger partial charge >= 0.3 is 5.69 Å². The summed E-state index contributed by atoms with van der Waals surface area (Å²) >= 11 is 6.06. The van der Waals surface area contributed by atoms with Crippen LogP contribution < -0.4 is 16.6 Å². The molecule has 0 saturated carbocycles. The van der Waals surface area contributed by atoms with Gasteiger partial charge in [0.1, 0.15) is 12.3 Å². The van der Waals surface area contributed by atoms with Crippen molar-refractivity contribution in [2.45, 2.75) is 20.0 Å². The van der Waals surface area contributed by atoms with Gasteiger partial charge in [-0.25, -0.2) is 9.36 Å². The number of nitrogens with zero attached hydrogens (tertiary/aromatic N) is 2. The van der Waals surface area contributed by atoms with Crippen LogP contribution in [0.15, 0.2) is 74.9 Å². The fraction of sp³-hybridized carbons (Fsp3) is 0.136. The average molecular weight is 424 g/mol. The zero-order chi connectivity index (χ0) is 21.3. The van der Waals surface area contributed by atoms with Gasteiger partial charge in [0.15, 0.2) is 0 Å². The fourth-order valence-electron chi connectivity index (χ4n) is 3.28. The van der Waals surface area contributed by atoms with E-state index in [0.29, 0.717) is 27.4 Å². The van der Waals surface area contributed by atoms with Gasteiger partial charge in [0.25, 0.3) is 5.56 Å². The largest absolute Gasteiger partial charge is 0.467 e. The van der Waals surface area contributed by atoms with E-state index in [1.165, 1.54) is 16.9 Å². The van der Waals surface area contributed by atoms with Crippen LogP contribution in [0, 0.1) is 6.92 Å². The standard InChI is InChI=1S/C22H18ClN3O4/c1-14-7-8-19-18(10-14)21(28)26(16-5-2-4-15(23)11-16)22(29)25(19)13-20(27)24-12-17-6-3-9-30-17/h2-11H,12-13H2,1H3,(H,24,27). The van der Waals surface area contributed by atoms with Crippen molar-refractivity contribution < 1.29 is 9.21 Å². The molecule has 2 aromatic heterocycles. The molecule has 0 radical (unpaired) electrons. The number of halogens is 1. The Hall–Kier alpha value is -3.58. The molecule has 152 valence electrons. The summed E-state index contributed by atoms with van der Waals surface area (Å²) in [5, 5.41) is 3.45. The van der Waals surface area contributed by atoms with Gasteiger partial charge in [0, 0.05) is 5.02 Å². The molecule has 2 aromatic carbocycles. The molecule has 2 heterocycles. The summed E-state index contributed by atoms with van der Waals surface area (Å²) in [7, 11) is 0. The number of benzene rings is 2. The molecule has 8 heteroatoms. The molecular weight excluding hydrogens is 406 g/mol. The Bertz CT molecular complexity index is 1350. The monoisotopic (exact) mass is 423 g/mol. The first-order chi connectivity index (χ1) is 14.4. The predicted octanol–water partition coefficient (Wildman–Crippen LogP) is 3.02. The van der Waals surface area contributed by atoms with Gasteiger partial charge in [-0.1, -0.05) is 29.3 Å². The third-order valence-electron chi connectivity index (χ3n) is 4.71. The molecule has 0 spiro atoms. The van der Waals surface area contributed by atoms with E-state index in [4.69, 9.17) is 16.0 Å². The maximum absolute atomic E-state index is 13.3. The first-order valence-corrected chi connectivity index (χ1v) is 9.63. The number of nitrogens with one attached hydrogen (secondary N) is 1. The van der Waals surface area contributed by atoms with Crippen molar-refractivity contribution in [2.75, 3.05) is 0 Å². The summed E-state index contributed by atoms with van der Waals surface area (Å²) < 4.78 is 7.53. The molecule has 0 atom stereocenters. The van der Waals surface area contributed by atoms with E-state index in [-0.39, 0.29) is 19.0 Å². The van der Waals surface area contributed by atoms with Crippen LogP contribution in [0.4, 0.5) is 0 Å². The van der Waals surface area contributed by atoms with Crippen molar-refractivity contribution >= 4 is 28.4 Å². The number of aromatic nitrogens is 2. The third-order valence-corrected chi connectivity index (χ3v) is 4.94. The molecule has 0 aliphatic carbocycles. The molecule has 1 N–H and O–H groups in total. The van der Waals surface area contributed by atoms with Gasteiger partial charge in [-0.2, -0.15) is 0 Å². The summed E-state index contributed by atoms with van der Waals surface area (Å²) in [6.07, 6.45) is 1.52. The van der Waals surface area contributed by atoms with Gasteiger partial charge in [-0.05, 0) is 49.4 Å². The van der Waals surface area contributed by atoms with E-state index >= 15 is 0 Å². The van der Waals surface area contributed by atoms with Crippen molar-refractivity contribution in [3.63, 3.8) is 0 Å². The van der Waals surface area contributed by atoms with Gasteiger partial charge in [0.2, 0.25) is 5.91 Å². The fourth-order valence-corrected chi connectivity index (χ4v) is 3.47. The van der Waals surface area contributed by atoms with Crippen molar-refractivity contribution in [1.82, 2.24) is 14.5 Å². The van der Waals surface area contributed by atoms with E-state index in [1.807, 2.05) is 6.92 Å². The number of hydrogen-bond acceptors (Lipinski definition) is 4. The van der Waals surface area contributed by atoms with Crippen LogP contribution in [0.3, 0.4) is 0 Å². The van der Waals surface area contributed by atoms with Crippen LogP contribution in [0.5, 0.6) is 0 Å². The topological polar surface area (TPSA) is 86.2 Å². The maximum atomic E-state index is 13.3. The first-order valence-electron chi connectivity index (χ1n) is 9.25. The zero-order valence-corrected chi connectivity index (χ0v) is 16.8. The van der Waals surface area contributed by atoms with Crippen LogP contribution in [0.25, 0.3) is 16.6 Å². The van der Waals surface area contributed by atoms with E-state index < -0.39 is 11.2 Å². The number of furan rings is 1. The molecule has 0 fully saturated rings. The second kappa shape index (κ2) is 8.04. The van der Waals surface area contributed by atoms with Crippen LogP contribution in [-0.2, 0) is 17.9 Å². The maximum Gasteiger partial charge on any atom is 0.336 e. The highest BCUT2D eigenvalue weighted by atomic mass is 35.5. The summed E-state index contributed by atoms with van der Waals surface area (Å²) in [5.41, 5.74) is 0.511. The summed E-state index contributed by atoms with van der Waals surface area (Å²) in [5.74, 6) is 0.215. The van der Waals surface area contributed by atoms with Crippen LogP contribution in [0.1, 0.15) is 11.3 Å². The van der Waals surface area contributed by atoms with Crippen molar-refractivity contribution in [2.24, 2.45) is 0 Å². The van der Waals surface area contributed by atoms with E-state index in [1.54, 1.807) is 48.5 Å². The lowest BCUT2D eigenvalue weighted by Gasteiger charge is -2.14. The number of carbonyl (C=O) groups excluding carboxylic acids is 1. The lowest BCUT2D eigenvalue weighted by molar-refractivity contribution is -0.121. The molecule has 0 saturated heterocycles. The Balaban J connectivity index is 1.82. The Labute approximate surface area is 176 Å². The van der Waals surface area contributed by atoms with E-state index in [2.05, 4.69) is 5.32 Å². The Morgan fingerprint density at radius 3 is 2.67 bits per heavy atom. The SMILES string of the molecule is Cc1ccc2c(c1)c(=O)n(-c1cccc(Cl)c1)c(=O)n2CC(=O)NCc1ccco1. The molecule has 0 aliphatic heterocycles. The minimum atomic E-state index is -0.619. The molecule has 4 rings (SSSR count). The molecule has 0 aliphatic rings. The van der Waals surface area contributed by atoms with Gasteiger partial charge < -0.3 is 9.73 Å². The molecule has 4 aromatic rings. The van der Waals surface area contributed by atoms with Crippen molar-refractivity contribution in [3.05, 3.63) is 98.0 Å². The van der Waals surface area contributed by atoms with E-state index in [0.717, 1.165) is 10.1 Å². The number of hydrogen-bond donors (Lipinski definition) is 1. The quantitative estimate of drug-likeness (QED) is 0.534. The summed E-state index contributed by atoms with van der Waals surface area (Å²) in [6, 6.07) is 15.1. The van der Waals surface area contributed by atoms with Crippen LogP contribution >= 0.6 is 11.6 Å². The molecule has 1 amide bonds. The second-order valence-corrected chi connectivity index (χ2v) is 7.30. The van der Waals surface area contributed by atoms with Gasteiger partial charge in [0.05, 0.1) is 29.4 Å². The average Bonchev–Trinajstić information content (AvgIpc) is 3.24. The second-order valence-electron chi connectivity index (χ2n) is 6.87. The molecule has 0 unspecified atom stereocenters. The molecule has 7 nitrogen and oxygen atoms in total. The molecular formula is C22H18ClN3O4. The summed E-state index contributed by atoms with van der Waals surface area (Å²) in [4.78, 5) is 38.9. The zero-order valence-electron chi connectivity index (χ0n) is 16.1. The third kappa shape index (κ3) is 3.79. The Morgan fingerprint density at radius 2 is 1.93 bits per heavy atom.